The van der Waals surface area contributed by atoms with Gasteiger partial charge in [-0.15, -0.1) is 0 Å². The molecule has 0 saturated carbocycles. The molecule has 1 unspecified atom stereocenters. The van der Waals surface area contributed by atoms with Gasteiger partial charge in [-0.3, -0.25) is 14.0 Å². The average Bonchev–Trinajstić information content (AvgIpc) is 3.42. The second-order valence-corrected chi connectivity index (χ2v) is 9.92. The molecule has 174 valence electrons. The molecule has 1 atom stereocenters. The van der Waals surface area contributed by atoms with Crippen LogP contribution in [-0.2, 0) is 4.79 Å². The zero-order chi connectivity index (χ0) is 24.1. The van der Waals surface area contributed by atoms with Crippen molar-refractivity contribution in [1.82, 2.24) is 19.2 Å². The van der Waals surface area contributed by atoms with E-state index >= 15 is 0 Å². The summed E-state index contributed by atoms with van der Waals surface area (Å²) in [4.78, 5) is 36.5. The van der Waals surface area contributed by atoms with Gasteiger partial charge in [0.1, 0.15) is 0 Å². The number of amides is 1. The fourth-order valence-corrected chi connectivity index (χ4v) is 5.61. The van der Waals surface area contributed by atoms with Gasteiger partial charge in [0.05, 0.1) is 27.5 Å². The Labute approximate surface area is 201 Å². The number of thiazole rings is 1. The molecular formula is C26H26N4O3S. The molecule has 1 N–H and O–H groups in total. The van der Waals surface area contributed by atoms with Crippen LogP contribution < -0.4 is 0 Å². The molecule has 2 aromatic carbocycles. The Morgan fingerprint density at radius 2 is 1.82 bits per heavy atom. The van der Waals surface area contributed by atoms with Crippen LogP contribution in [0.1, 0.15) is 32.5 Å². The number of Topliss-reactive ketones (excluding diaryl/α,β-unsaturated/α-hetero) is 1. The van der Waals surface area contributed by atoms with E-state index in [1.165, 1.54) is 11.3 Å². The molecule has 0 spiro atoms. The molecule has 1 aliphatic rings. The number of rotatable bonds is 6. The lowest BCUT2D eigenvalue weighted by atomic mass is 9.94. The molecule has 0 radical (unpaired) electrons. The molecule has 4 aromatic rings. The first-order chi connectivity index (χ1) is 16.3. The van der Waals surface area contributed by atoms with Crippen molar-refractivity contribution in [1.29, 1.82) is 0 Å². The van der Waals surface area contributed by atoms with Crippen molar-refractivity contribution in [3.05, 3.63) is 81.6 Å². The van der Waals surface area contributed by atoms with E-state index in [-0.39, 0.29) is 11.4 Å². The highest BCUT2D eigenvalue weighted by atomic mass is 32.1. The van der Waals surface area contributed by atoms with Crippen LogP contribution >= 0.6 is 11.3 Å². The number of benzene rings is 2. The summed E-state index contributed by atoms with van der Waals surface area (Å²) in [5, 5.41) is 10.9. The third-order valence-corrected chi connectivity index (χ3v) is 7.46. The normalized spacial score (nSPS) is 16.6. The quantitative estimate of drug-likeness (QED) is 0.422. The van der Waals surface area contributed by atoms with Crippen molar-refractivity contribution in [3.8, 4) is 0 Å². The highest BCUT2D eigenvalue weighted by molar-refractivity contribution is 7.19. The van der Waals surface area contributed by atoms with Gasteiger partial charge in [-0.1, -0.05) is 53.3 Å². The Hall–Kier alpha value is -3.49. The van der Waals surface area contributed by atoms with Crippen molar-refractivity contribution in [2.24, 2.45) is 0 Å². The summed E-state index contributed by atoms with van der Waals surface area (Å²) in [6.07, 6.45) is 0. The Morgan fingerprint density at radius 1 is 1.12 bits per heavy atom. The summed E-state index contributed by atoms with van der Waals surface area (Å²) in [5.41, 5.74) is 4.55. The molecule has 0 saturated heterocycles. The Bertz CT molecular complexity index is 1460. The standard InChI is InChI=1S/C26H26N4O3S/c1-15-9-11-17(12-10-15)21-20(23(32)25(33)29(21)14-13-28(3)4)22(31)24-16(2)30-19-8-6-5-7-18(19)27-26(30)34-24/h5-12,21,32H,13-14H2,1-4H3. The first kappa shape index (κ1) is 22.3. The third kappa shape index (κ3) is 3.50. The van der Waals surface area contributed by atoms with E-state index in [0.29, 0.717) is 22.9 Å². The molecule has 34 heavy (non-hydrogen) atoms. The lowest BCUT2D eigenvalue weighted by molar-refractivity contribution is -0.129. The molecule has 8 heteroatoms. The van der Waals surface area contributed by atoms with E-state index in [2.05, 4.69) is 4.98 Å². The van der Waals surface area contributed by atoms with Crippen molar-refractivity contribution in [2.45, 2.75) is 19.9 Å². The number of hydrogen-bond donors (Lipinski definition) is 1. The minimum Gasteiger partial charge on any atom is -0.503 e. The van der Waals surface area contributed by atoms with E-state index in [9.17, 15) is 14.7 Å². The number of imidazole rings is 1. The number of carbonyl (C=O) groups is 2. The second kappa shape index (κ2) is 8.38. The number of carbonyl (C=O) groups excluding carboxylic acids is 2. The minimum absolute atomic E-state index is 0.129. The lowest BCUT2D eigenvalue weighted by Crippen LogP contribution is -2.36. The third-order valence-electron chi connectivity index (χ3n) is 6.32. The van der Waals surface area contributed by atoms with Crippen LogP contribution in [0.15, 0.2) is 59.9 Å². The number of aliphatic hydroxyl groups excluding tert-OH is 1. The first-order valence-electron chi connectivity index (χ1n) is 11.1. The van der Waals surface area contributed by atoms with Crippen LogP contribution in [0, 0.1) is 13.8 Å². The minimum atomic E-state index is -0.647. The van der Waals surface area contributed by atoms with Crippen LogP contribution in [0.4, 0.5) is 0 Å². The Balaban J connectivity index is 1.62. The number of ketones is 1. The number of likely N-dealkylation sites (N-methyl/N-ethyl adjacent to an activating group) is 1. The predicted octanol–water partition coefficient (Wildman–Crippen LogP) is 4.31. The molecule has 0 fully saturated rings. The van der Waals surface area contributed by atoms with Crippen LogP contribution in [0.2, 0.25) is 0 Å². The fraction of sp³-hybridized carbons (Fsp3) is 0.269. The summed E-state index contributed by atoms with van der Waals surface area (Å²) >= 11 is 1.29. The van der Waals surface area contributed by atoms with Gasteiger partial charge in [-0.2, -0.15) is 0 Å². The maximum absolute atomic E-state index is 13.9. The zero-order valence-corrected chi connectivity index (χ0v) is 20.4. The Kier molecular flexibility index (Phi) is 5.50. The lowest BCUT2D eigenvalue weighted by Gasteiger charge is -2.28. The molecule has 0 aliphatic carbocycles. The summed E-state index contributed by atoms with van der Waals surface area (Å²) in [7, 11) is 3.85. The van der Waals surface area contributed by atoms with E-state index in [1.54, 1.807) is 4.90 Å². The fourth-order valence-electron chi connectivity index (χ4n) is 4.52. The first-order valence-corrected chi connectivity index (χ1v) is 12.0. The summed E-state index contributed by atoms with van der Waals surface area (Å²) in [5.74, 6) is -1.31. The summed E-state index contributed by atoms with van der Waals surface area (Å²) in [6.45, 7) is 4.87. The van der Waals surface area contributed by atoms with E-state index in [1.807, 2.05) is 85.8 Å². The highest BCUT2D eigenvalue weighted by Gasteiger charge is 2.44. The average molecular weight is 475 g/mol. The smallest absolute Gasteiger partial charge is 0.290 e. The van der Waals surface area contributed by atoms with Crippen LogP contribution in [0.5, 0.6) is 0 Å². The number of hydrogen-bond acceptors (Lipinski definition) is 6. The highest BCUT2D eigenvalue weighted by Crippen LogP contribution is 2.40. The van der Waals surface area contributed by atoms with Gasteiger partial charge in [0.25, 0.3) is 5.91 Å². The number of aromatic nitrogens is 2. The van der Waals surface area contributed by atoms with Gasteiger partial charge >= 0.3 is 0 Å². The topological polar surface area (TPSA) is 78.2 Å². The molecule has 5 rings (SSSR count). The van der Waals surface area contributed by atoms with Crippen molar-refractivity contribution in [3.63, 3.8) is 0 Å². The van der Waals surface area contributed by atoms with Gasteiger partial charge in [-0.05, 0) is 45.6 Å². The summed E-state index contributed by atoms with van der Waals surface area (Å²) in [6, 6.07) is 14.9. The number of aliphatic hydroxyl groups is 1. The second-order valence-electron chi connectivity index (χ2n) is 8.94. The van der Waals surface area contributed by atoms with Crippen molar-refractivity contribution < 1.29 is 14.7 Å². The number of para-hydroxylation sites is 2. The van der Waals surface area contributed by atoms with Gasteiger partial charge < -0.3 is 14.9 Å². The summed E-state index contributed by atoms with van der Waals surface area (Å²) < 4.78 is 1.96. The molecule has 1 amide bonds. The number of fused-ring (bicyclic) bond motifs is 3. The van der Waals surface area contributed by atoms with E-state index in [4.69, 9.17) is 0 Å². The number of aryl methyl sites for hydroxylation is 2. The van der Waals surface area contributed by atoms with Crippen LogP contribution in [-0.4, -0.2) is 63.2 Å². The van der Waals surface area contributed by atoms with Gasteiger partial charge in [0, 0.05) is 18.8 Å². The molecule has 1 aliphatic heterocycles. The Morgan fingerprint density at radius 3 is 2.53 bits per heavy atom. The molecule has 3 heterocycles. The zero-order valence-electron chi connectivity index (χ0n) is 19.6. The van der Waals surface area contributed by atoms with Crippen molar-refractivity contribution >= 4 is 39.0 Å². The number of nitrogens with zero attached hydrogens (tertiary/aromatic N) is 4. The van der Waals surface area contributed by atoms with E-state index < -0.39 is 17.7 Å². The molecule has 2 aromatic heterocycles. The maximum atomic E-state index is 13.9. The largest absolute Gasteiger partial charge is 0.503 e. The van der Waals surface area contributed by atoms with Gasteiger partial charge in [0.15, 0.2) is 10.7 Å². The van der Waals surface area contributed by atoms with Gasteiger partial charge in [0.2, 0.25) is 5.78 Å². The monoisotopic (exact) mass is 474 g/mol. The molecular weight excluding hydrogens is 448 g/mol. The van der Waals surface area contributed by atoms with Crippen LogP contribution in [0.25, 0.3) is 16.0 Å². The predicted molar refractivity (Wildman–Crippen MR) is 133 cm³/mol. The van der Waals surface area contributed by atoms with Crippen LogP contribution in [0.3, 0.4) is 0 Å². The van der Waals surface area contributed by atoms with Crippen molar-refractivity contribution in [2.75, 3.05) is 27.2 Å². The molecule has 7 nitrogen and oxygen atoms in total. The van der Waals surface area contributed by atoms with E-state index in [0.717, 1.165) is 27.9 Å². The maximum Gasteiger partial charge on any atom is 0.290 e. The molecule has 0 bridgehead atoms. The SMILES string of the molecule is Cc1ccc(C2C(C(=O)c3sc4nc5ccccc5n4c3C)=C(O)C(=O)N2CCN(C)C)cc1. The van der Waals surface area contributed by atoms with Gasteiger partial charge in [-0.25, -0.2) is 4.98 Å².